The van der Waals surface area contributed by atoms with Crippen molar-refractivity contribution in [2.75, 3.05) is 25.1 Å². The highest BCUT2D eigenvalue weighted by Crippen LogP contribution is 2.32. The smallest absolute Gasteiger partial charge is 0.149 e. The van der Waals surface area contributed by atoms with Crippen LogP contribution in [0.1, 0.15) is 37.2 Å². The molecular formula is C12H17Cl2N3S. The summed E-state index contributed by atoms with van der Waals surface area (Å²) >= 11 is 14.4. The Morgan fingerprint density at radius 1 is 1.28 bits per heavy atom. The van der Waals surface area contributed by atoms with E-state index in [1.165, 1.54) is 0 Å². The van der Waals surface area contributed by atoms with Gasteiger partial charge in [-0.3, -0.25) is 4.90 Å². The van der Waals surface area contributed by atoms with Crippen molar-refractivity contribution in [1.82, 2.24) is 14.9 Å². The molecule has 0 N–H and O–H groups in total. The summed E-state index contributed by atoms with van der Waals surface area (Å²) in [6.45, 7) is 5.12. The lowest BCUT2D eigenvalue weighted by Crippen LogP contribution is -2.34. The molecule has 2 heterocycles. The Hall–Kier alpha value is -0.0300. The fourth-order valence-corrected chi connectivity index (χ4v) is 4.06. The Labute approximate surface area is 122 Å². The van der Waals surface area contributed by atoms with Gasteiger partial charge in [0, 0.05) is 23.6 Å². The number of hydrogen-bond acceptors (Lipinski definition) is 4. The van der Waals surface area contributed by atoms with Gasteiger partial charge in [-0.1, -0.05) is 37.0 Å². The minimum absolute atomic E-state index is 0.208. The largest absolute Gasteiger partial charge is 0.295 e. The number of rotatable bonds is 2. The second-order valence-corrected chi connectivity index (χ2v) is 6.67. The lowest BCUT2D eigenvalue weighted by molar-refractivity contribution is 0.264. The third kappa shape index (κ3) is 2.93. The first-order chi connectivity index (χ1) is 8.50. The van der Waals surface area contributed by atoms with Crippen molar-refractivity contribution in [2.24, 2.45) is 0 Å². The van der Waals surface area contributed by atoms with Crippen molar-refractivity contribution in [3.8, 4) is 0 Å². The highest BCUT2D eigenvalue weighted by Gasteiger charge is 2.26. The lowest BCUT2D eigenvalue weighted by atomic mass is 10.1. The number of hydrogen-bond donors (Lipinski definition) is 0. The molecule has 0 aromatic carbocycles. The van der Waals surface area contributed by atoms with Crippen LogP contribution in [0.25, 0.3) is 0 Å². The van der Waals surface area contributed by atoms with Crippen LogP contribution in [0, 0.1) is 0 Å². The summed E-state index contributed by atoms with van der Waals surface area (Å²) in [7, 11) is 2.09. The summed E-state index contributed by atoms with van der Waals surface area (Å²) < 4.78 is 0. The van der Waals surface area contributed by atoms with E-state index in [4.69, 9.17) is 23.2 Å². The van der Waals surface area contributed by atoms with Crippen molar-refractivity contribution in [3.63, 3.8) is 0 Å². The number of aromatic nitrogens is 2. The van der Waals surface area contributed by atoms with Gasteiger partial charge in [0.2, 0.25) is 0 Å². The third-order valence-electron chi connectivity index (χ3n) is 3.14. The van der Waals surface area contributed by atoms with Crippen LogP contribution in [0.5, 0.6) is 0 Å². The molecule has 1 unspecified atom stereocenters. The highest BCUT2D eigenvalue weighted by molar-refractivity contribution is 7.99. The van der Waals surface area contributed by atoms with Crippen LogP contribution in [0.15, 0.2) is 0 Å². The summed E-state index contributed by atoms with van der Waals surface area (Å²) in [6, 6.07) is 0.208. The lowest BCUT2D eigenvalue weighted by Gasteiger charge is -2.31. The van der Waals surface area contributed by atoms with E-state index in [1.54, 1.807) is 0 Å². The molecule has 0 spiro atoms. The van der Waals surface area contributed by atoms with Crippen LogP contribution in [-0.2, 0) is 0 Å². The topological polar surface area (TPSA) is 29.0 Å². The molecule has 1 aromatic rings. The number of halogens is 2. The van der Waals surface area contributed by atoms with Crippen LogP contribution in [0.4, 0.5) is 0 Å². The maximum atomic E-state index is 6.24. The van der Waals surface area contributed by atoms with Crippen molar-refractivity contribution in [1.29, 1.82) is 0 Å². The van der Waals surface area contributed by atoms with Gasteiger partial charge in [0.15, 0.2) is 0 Å². The van der Waals surface area contributed by atoms with Crippen molar-refractivity contribution in [2.45, 2.75) is 25.8 Å². The van der Waals surface area contributed by atoms with Crippen LogP contribution >= 0.6 is 35.0 Å². The molecule has 1 aliphatic rings. The first-order valence-electron chi connectivity index (χ1n) is 6.01. The third-order valence-corrected chi connectivity index (χ3v) is 4.74. The van der Waals surface area contributed by atoms with Gasteiger partial charge in [-0.15, -0.1) is 0 Å². The summed E-state index contributed by atoms with van der Waals surface area (Å²) in [6.07, 6.45) is 0. The molecule has 1 saturated heterocycles. The van der Waals surface area contributed by atoms with Crippen LogP contribution in [0.3, 0.4) is 0 Å². The summed E-state index contributed by atoms with van der Waals surface area (Å²) in [5.41, 5.74) is 0.841. The van der Waals surface area contributed by atoms with E-state index in [1.807, 2.05) is 25.6 Å². The molecule has 6 heteroatoms. The molecule has 1 aromatic heterocycles. The zero-order valence-electron chi connectivity index (χ0n) is 10.8. The standard InChI is InChI=1S/C12H17Cl2N3S/c1-7(2)9-10(13)15-12(16-11(9)14)8-6-18-5-4-17(8)3/h7-8H,4-6H2,1-3H3. The van der Waals surface area contributed by atoms with Gasteiger partial charge in [0.1, 0.15) is 16.1 Å². The zero-order chi connectivity index (χ0) is 13.3. The van der Waals surface area contributed by atoms with E-state index in [2.05, 4.69) is 21.9 Å². The summed E-state index contributed by atoms with van der Waals surface area (Å²) in [4.78, 5) is 11.1. The Morgan fingerprint density at radius 3 is 2.39 bits per heavy atom. The van der Waals surface area contributed by atoms with Gasteiger partial charge in [-0.05, 0) is 13.0 Å². The van der Waals surface area contributed by atoms with Crippen molar-refractivity contribution >= 4 is 35.0 Å². The van der Waals surface area contributed by atoms with E-state index in [-0.39, 0.29) is 12.0 Å². The monoisotopic (exact) mass is 305 g/mol. The molecule has 0 radical (unpaired) electrons. The molecule has 1 atom stereocenters. The highest BCUT2D eigenvalue weighted by atomic mass is 35.5. The molecule has 100 valence electrons. The van der Waals surface area contributed by atoms with E-state index >= 15 is 0 Å². The molecule has 2 rings (SSSR count). The average molecular weight is 306 g/mol. The molecule has 1 fully saturated rings. The van der Waals surface area contributed by atoms with Crippen LogP contribution in [-0.4, -0.2) is 40.0 Å². The second kappa shape index (κ2) is 5.95. The Morgan fingerprint density at radius 2 is 1.89 bits per heavy atom. The van der Waals surface area contributed by atoms with Gasteiger partial charge in [-0.2, -0.15) is 11.8 Å². The maximum absolute atomic E-state index is 6.24. The SMILES string of the molecule is CC(C)c1c(Cl)nc(C2CSCCN2C)nc1Cl. The minimum atomic E-state index is 0.208. The first-order valence-corrected chi connectivity index (χ1v) is 7.92. The van der Waals surface area contributed by atoms with Crippen molar-refractivity contribution < 1.29 is 0 Å². The normalized spacial score (nSPS) is 21.6. The van der Waals surface area contributed by atoms with E-state index in [9.17, 15) is 0 Å². The molecule has 18 heavy (non-hydrogen) atoms. The van der Waals surface area contributed by atoms with Gasteiger partial charge in [0.05, 0.1) is 6.04 Å². The average Bonchev–Trinajstić information content (AvgIpc) is 2.27. The Bertz CT molecular complexity index is 416. The zero-order valence-corrected chi connectivity index (χ0v) is 13.1. The predicted octanol–water partition coefficient (Wildman–Crippen LogP) is 3.63. The molecule has 3 nitrogen and oxygen atoms in total. The van der Waals surface area contributed by atoms with Crippen LogP contribution < -0.4 is 0 Å². The summed E-state index contributed by atoms with van der Waals surface area (Å²) in [5, 5.41) is 0.980. The van der Waals surface area contributed by atoms with Gasteiger partial charge < -0.3 is 0 Å². The van der Waals surface area contributed by atoms with Gasteiger partial charge in [-0.25, -0.2) is 9.97 Å². The second-order valence-electron chi connectivity index (χ2n) is 4.80. The predicted molar refractivity (Wildman–Crippen MR) is 78.8 cm³/mol. The fourth-order valence-electron chi connectivity index (χ4n) is 2.02. The molecule has 1 aliphatic heterocycles. The Kier molecular flexibility index (Phi) is 4.75. The van der Waals surface area contributed by atoms with E-state index in [0.29, 0.717) is 10.3 Å². The van der Waals surface area contributed by atoms with Crippen LogP contribution in [0.2, 0.25) is 10.3 Å². The van der Waals surface area contributed by atoms with Gasteiger partial charge in [0.25, 0.3) is 0 Å². The van der Waals surface area contributed by atoms with Crippen molar-refractivity contribution in [3.05, 3.63) is 21.7 Å². The first kappa shape index (κ1) is 14.4. The Balaban J connectivity index is 2.35. The molecule has 0 saturated carbocycles. The molecule has 0 aliphatic carbocycles. The minimum Gasteiger partial charge on any atom is -0.295 e. The maximum Gasteiger partial charge on any atom is 0.149 e. The quantitative estimate of drug-likeness (QED) is 0.780. The van der Waals surface area contributed by atoms with Gasteiger partial charge >= 0.3 is 0 Å². The number of thioether (sulfide) groups is 1. The van der Waals surface area contributed by atoms with E-state index in [0.717, 1.165) is 29.4 Å². The molecule has 0 amide bonds. The molecule has 0 bridgehead atoms. The fraction of sp³-hybridized carbons (Fsp3) is 0.667. The number of nitrogens with zero attached hydrogens (tertiary/aromatic N) is 3. The molecular weight excluding hydrogens is 289 g/mol. The van der Waals surface area contributed by atoms with E-state index < -0.39 is 0 Å². The summed E-state index contributed by atoms with van der Waals surface area (Å²) in [5.74, 6) is 3.12.